The molecule has 0 amide bonds. The monoisotopic (exact) mass is 260 g/mol. The molecule has 0 spiro atoms. The average Bonchev–Trinajstić information content (AvgIpc) is 2.60. The highest BCUT2D eigenvalue weighted by Gasteiger charge is 2.23. The van der Waals surface area contributed by atoms with Crippen LogP contribution in [0.25, 0.3) is 0 Å². The summed E-state index contributed by atoms with van der Waals surface area (Å²) in [6, 6.07) is 1.65. The summed E-state index contributed by atoms with van der Waals surface area (Å²) < 4.78 is 25.5. The Balaban J connectivity index is 3.16. The van der Waals surface area contributed by atoms with Crippen molar-refractivity contribution in [3.63, 3.8) is 0 Å². The third kappa shape index (κ3) is 2.52. The van der Waals surface area contributed by atoms with Gasteiger partial charge in [0, 0.05) is 29.9 Å². The van der Waals surface area contributed by atoms with E-state index < -0.39 is 10.0 Å². The first-order chi connectivity index (χ1) is 7.43. The van der Waals surface area contributed by atoms with E-state index in [1.54, 1.807) is 19.1 Å². The summed E-state index contributed by atoms with van der Waals surface area (Å²) in [6.45, 7) is 5.99. The Kier molecular flexibility index (Phi) is 4.26. The molecule has 2 N–H and O–H groups in total. The summed E-state index contributed by atoms with van der Waals surface area (Å²) in [7, 11) is -1.87. The fraction of sp³-hybridized carbons (Fsp3) is 0.400. The summed E-state index contributed by atoms with van der Waals surface area (Å²) in [5.41, 5.74) is 5.50. The van der Waals surface area contributed by atoms with Crippen molar-refractivity contribution in [2.45, 2.75) is 18.4 Å². The Morgan fingerprint density at radius 3 is 2.69 bits per heavy atom. The Hall–Kier alpha value is -0.690. The van der Waals surface area contributed by atoms with Gasteiger partial charge in [-0.2, -0.15) is 4.31 Å². The Labute approximate surface area is 100 Å². The highest BCUT2D eigenvalue weighted by molar-refractivity contribution is 7.89. The molecule has 0 unspecified atom stereocenters. The number of hydrogen-bond donors (Lipinski definition) is 1. The molecule has 0 saturated carbocycles. The van der Waals surface area contributed by atoms with Crippen LogP contribution < -0.4 is 5.73 Å². The summed E-state index contributed by atoms with van der Waals surface area (Å²) in [4.78, 5) is 2.00. The van der Waals surface area contributed by atoms with Gasteiger partial charge in [0.05, 0.1) is 4.90 Å². The smallest absolute Gasteiger partial charge is 0.244 e. The minimum Gasteiger partial charge on any atom is -0.326 e. The van der Waals surface area contributed by atoms with E-state index in [4.69, 9.17) is 5.73 Å². The zero-order valence-corrected chi connectivity index (χ0v) is 11.1. The predicted octanol–water partition coefficient (Wildman–Crippen LogP) is 1.32. The van der Waals surface area contributed by atoms with Gasteiger partial charge in [0.2, 0.25) is 10.0 Å². The van der Waals surface area contributed by atoms with Crippen LogP contribution >= 0.6 is 11.3 Å². The number of nitrogens with two attached hydrogens (primary N) is 1. The number of aryl methyl sites for hydroxylation is 1. The van der Waals surface area contributed by atoms with E-state index in [1.807, 2.05) is 0 Å². The first-order valence-electron chi connectivity index (χ1n) is 4.80. The van der Waals surface area contributed by atoms with E-state index in [-0.39, 0.29) is 0 Å². The normalized spacial score (nSPS) is 12.0. The topological polar surface area (TPSA) is 63.4 Å². The third-order valence-corrected chi connectivity index (χ3v) is 5.35. The van der Waals surface area contributed by atoms with Crippen LogP contribution in [-0.2, 0) is 16.6 Å². The molecule has 6 heteroatoms. The van der Waals surface area contributed by atoms with Crippen LogP contribution in [0.3, 0.4) is 0 Å². The second kappa shape index (κ2) is 5.09. The lowest BCUT2D eigenvalue weighted by Gasteiger charge is -2.14. The molecule has 4 nitrogen and oxygen atoms in total. The molecule has 0 aliphatic rings. The van der Waals surface area contributed by atoms with Gasteiger partial charge < -0.3 is 5.73 Å². The van der Waals surface area contributed by atoms with Gasteiger partial charge in [0.25, 0.3) is 0 Å². The minimum absolute atomic E-state index is 0.301. The molecule has 1 rings (SSSR count). The molecule has 0 bridgehead atoms. The zero-order chi connectivity index (χ0) is 12.3. The quantitative estimate of drug-likeness (QED) is 0.812. The second-order valence-electron chi connectivity index (χ2n) is 3.41. The van der Waals surface area contributed by atoms with Crippen LogP contribution in [0.1, 0.15) is 9.75 Å². The Morgan fingerprint density at radius 1 is 1.62 bits per heavy atom. The summed E-state index contributed by atoms with van der Waals surface area (Å²) in [6.07, 6.45) is 1.56. The molecule has 16 heavy (non-hydrogen) atoms. The number of sulfonamides is 1. The van der Waals surface area contributed by atoms with Crippen LogP contribution in [0.15, 0.2) is 23.6 Å². The molecule has 0 aromatic carbocycles. The molecule has 0 aliphatic carbocycles. The number of nitrogens with zero attached hydrogens (tertiary/aromatic N) is 1. The largest absolute Gasteiger partial charge is 0.326 e. The Morgan fingerprint density at radius 2 is 2.25 bits per heavy atom. The second-order valence-corrected chi connectivity index (χ2v) is 6.77. The standard InChI is InChI=1S/C10H16N2O2S2/c1-4-5-12(3)16(13,14)10-6-9(7-11)15-8(10)2/h4,6H,1,5,7,11H2,2-3H3. The van der Waals surface area contributed by atoms with E-state index in [1.165, 1.54) is 22.7 Å². The van der Waals surface area contributed by atoms with E-state index in [0.29, 0.717) is 18.0 Å². The summed E-state index contributed by atoms with van der Waals surface area (Å²) in [5.74, 6) is 0. The van der Waals surface area contributed by atoms with E-state index >= 15 is 0 Å². The molecule has 0 radical (unpaired) electrons. The van der Waals surface area contributed by atoms with Crippen LogP contribution in [-0.4, -0.2) is 26.3 Å². The van der Waals surface area contributed by atoms with Gasteiger partial charge in [-0.3, -0.25) is 0 Å². The van der Waals surface area contributed by atoms with Crippen LogP contribution in [0.4, 0.5) is 0 Å². The van der Waals surface area contributed by atoms with E-state index in [9.17, 15) is 8.42 Å². The van der Waals surface area contributed by atoms with Crippen LogP contribution in [0.2, 0.25) is 0 Å². The number of likely N-dealkylation sites (N-methyl/N-ethyl adjacent to an activating group) is 1. The van der Waals surface area contributed by atoms with Gasteiger partial charge in [-0.1, -0.05) is 6.08 Å². The van der Waals surface area contributed by atoms with Crippen molar-refractivity contribution in [3.05, 3.63) is 28.5 Å². The molecule has 0 aliphatic heterocycles. The zero-order valence-electron chi connectivity index (χ0n) is 9.43. The molecule has 0 fully saturated rings. The van der Waals surface area contributed by atoms with Crippen molar-refractivity contribution in [3.8, 4) is 0 Å². The van der Waals surface area contributed by atoms with Gasteiger partial charge >= 0.3 is 0 Å². The van der Waals surface area contributed by atoms with Gasteiger partial charge in [0.1, 0.15) is 0 Å². The lowest BCUT2D eigenvalue weighted by atomic mass is 10.4. The van der Waals surface area contributed by atoms with Gasteiger partial charge in [-0.05, 0) is 13.0 Å². The number of thiophene rings is 1. The number of hydrogen-bond acceptors (Lipinski definition) is 4. The highest BCUT2D eigenvalue weighted by atomic mass is 32.2. The van der Waals surface area contributed by atoms with Gasteiger partial charge in [-0.15, -0.1) is 17.9 Å². The highest BCUT2D eigenvalue weighted by Crippen LogP contribution is 2.27. The molecule has 0 saturated heterocycles. The van der Waals surface area contributed by atoms with Crippen molar-refractivity contribution in [2.75, 3.05) is 13.6 Å². The lowest BCUT2D eigenvalue weighted by molar-refractivity contribution is 0.499. The summed E-state index contributed by atoms with van der Waals surface area (Å²) >= 11 is 1.42. The fourth-order valence-corrected chi connectivity index (χ4v) is 3.95. The minimum atomic E-state index is -3.40. The predicted molar refractivity (Wildman–Crippen MR) is 67.0 cm³/mol. The van der Waals surface area contributed by atoms with Crippen molar-refractivity contribution in [1.82, 2.24) is 4.31 Å². The first-order valence-corrected chi connectivity index (χ1v) is 7.05. The Bertz CT molecular complexity index is 477. The van der Waals surface area contributed by atoms with Crippen LogP contribution in [0, 0.1) is 6.92 Å². The lowest BCUT2D eigenvalue weighted by Crippen LogP contribution is -2.27. The summed E-state index contributed by atoms with van der Waals surface area (Å²) in [5, 5.41) is 0. The molecule has 0 atom stereocenters. The third-order valence-electron chi connectivity index (χ3n) is 2.20. The first kappa shape index (κ1) is 13.4. The number of rotatable bonds is 5. The van der Waals surface area contributed by atoms with Gasteiger partial charge in [-0.25, -0.2) is 8.42 Å². The van der Waals surface area contributed by atoms with Crippen molar-refractivity contribution < 1.29 is 8.42 Å². The van der Waals surface area contributed by atoms with E-state index in [0.717, 1.165) is 9.75 Å². The molecule has 90 valence electrons. The molecule has 1 aromatic heterocycles. The average molecular weight is 260 g/mol. The molecule has 1 heterocycles. The van der Waals surface area contributed by atoms with Gasteiger partial charge in [0.15, 0.2) is 0 Å². The van der Waals surface area contributed by atoms with Crippen molar-refractivity contribution in [2.24, 2.45) is 5.73 Å². The van der Waals surface area contributed by atoms with Crippen molar-refractivity contribution >= 4 is 21.4 Å². The molecule has 1 aromatic rings. The van der Waals surface area contributed by atoms with Crippen molar-refractivity contribution in [1.29, 1.82) is 0 Å². The maximum atomic E-state index is 12.1. The van der Waals surface area contributed by atoms with E-state index in [2.05, 4.69) is 6.58 Å². The fourth-order valence-electron chi connectivity index (χ4n) is 1.33. The SMILES string of the molecule is C=CCN(C)S(=O)(=O)c1cc(CN)sc1C. The maximum Gasteiger partial charge on any atom is 0.244 e. The molecular weight excluding hydrogens is 244 g/mol. The van der Waals surface area contributed by atoms with Crippen LogP contribution in [0.5, 0.6) is 0 Å². The maximum absolute atomic E-state index is 12.1. The molecular formula is C10H16N2O2S2.